The van der Waals surface area contributed by atoms with Crippen LogP contribution in [0.5, 0.6) is 0 Å². The lowest BCUT2D eigenvalue weighted by atomic mass is 9.76. The van der Waals surface area contributed by atoms with Crippen LogP contribution in [0.2, 0.25) is 0 Å². The van der Waals surface area contributed by atoms with Crippen molar-refractivity contribution in [3.8, 4) is 0 Å². The Morgan fingerprint density at radius 3 is 1.15 bits per heavy atom. The Morgan fingerprint density at radius 1 is 0.615 bits per heavy atom. The van der Waals surface area contributed by atoms with Crippen LogP contribution in [0.25, 0.3) is 0 Å². The van der Waals surface area contributed by atoms with E-state index in [1.807, 2.05) is 0 Å². The molecule has 0 amide bonds. The average molecular weight is 532 g/mol. The van der Waals surface area contributed by atoms with Crippen molar-refractivity contribution in [3.05, 3.63) is 0 Å². The molecule has 1 atom stereocenters. The van der Waals surface area contributed by atoms with E-state index < -0.39 is 51.7 Å². The van der Waals surface area contributed by atoms with Crippen LogP contribution in [-0.2, 0) is 0 Å². The van der Waals surface area contributed by atoms with Gasteiger partial charge < -0.3 is 5.11 Å². The van der Waals surface area contributed by atoms with Gasteiger partial charge in [-0.3, -0.25) is 0 Å². The first kappa shape index (κ1) is 25.8. The summed E-state index contributed by atoms with van der Waals surface area (Å²) >= 11 is 0.868. The van der Waals surface area contributed by atoms with Crippen LogP contribution >= 0.6 is 22.6 Å². The van der Waals surface area contributed by atoms with Crippen LogP contribution in [0.1, 0.15) is 13.8 Å². The number of aliphatic hydroxyl groups is 1. The van der Waals surface area contributed by atoms with Crippen molar-refractivity contribution in [1.29, 1.82) is 0 Å². The van der Waals surface area contributed by atoms with E-state index in [0.717, 1.165) is 22.6 Å². The molecule has 1 unspecified atom stereocenters. The van der Waals surface area contributed by atoms with Gasteiger partial charge in [-0.25, -0.2) is 0 Å². The molecule has 158 valence electrons. The van der Waals surface area contributed by atoms with E-state index in [0.29, 0.717) is 0 Å². The highest BCUT2D eigenvalue weighted by Gasteiger charge is 2.91. The van der Waals surface area contributed by atoms with Crippen LogP contribution < -0.4 is 0 Å². The first-order valence-corrected chi connectivity index (χ1v) is 7.43. The molecule has 0 radical (unpaired) electrons. The van der Waals surface area contributed by atoms with Crippen molar-refractivity contribution < 1.29 is 62.2 Å². The van der Waals surface area contributed by atoms with Gasteiger partial charge in [0.2, 0.25) is 0 Å². The summed E-state index contributed by atoms with van der Waals surface area (Å²) in [6, 6.07) is 0. The third-order valence-corrected chi connectivity index (χ3v) is 5.64. The zero-order chi connectivity index (χ0) is 21.8. The average Bonchev–Trinajstić information content (AvgIpc) is 2.43. The van der Waals surface area contributed by atoms with E-state index in [1.165, 1.54) is 0 Å². The zero-order valence-electron chi connectivity index (χ0n) is 12.5. The minimum absolute atomic E-state index is 0.115. The SMILES string of the molecule is CC(C)(C(I)CO)C(F)(F)C(F)(F)C(F)(F)C(F)(F)C(F)(F)C(F)(F)F. The van der Waals surface area contributed by atoms with Crippen molar-refractivity contribution >= 4 is 22.6 Å². The van der Waals surface area contributed by atoms with Crippen molar-refractivity contribution in [2.24, 2.45) is 5.41 Å². The number of hydrogen-bond acceptors (Lipinski definition) is 1. The molecule has 1 N–H and O–H groups in total. The largest absolute Gasteiger partial charge is 0.460 e. The molecule has 0 aliphatic heterocycles. The summed E-state index contributed by atoms with van der Waals surface area (Å²) in [5.41, 5.74) is -3.42. The summed E-state index contributed by atoms with van der Waals surface area (Å²) in [7, 11) is 0. The first-order valence-electron chi connectivity index (χ1n) is 6.19. The van der Waals surface area contributed by atoms with E-state index in [2.05, 4.69) is 0 Å². The predicted octanol–water partition coefficient (Wildman–Crippen LogP) is 5.55. The molecular weight excluding hydrogens is 522 g/mol. The maximum Gasteiger partial charge on any atom is 0.460 e. The lowest BCUT2D eigenvalue weighted by Crippen LogP contribution is -2.72. The second kappa shape index (κ2) is 6.69. The molecule has 0 saturated carbocycles. The topological polar surface area (TPSA) is 20.2 Å². The molecule has 1 nitrogen and oxygen atoms in total. The fourth-order valence-electron chi connectivity index (χ4n) is 1.60. The van der Waals surface area contributed by atoms with Crippen molar-refractivity contribution in [2.45, 2.75) is 53.6 Å². The van der Waals surface area contributed by atoms with Crippen molar-refractivity contribution in [2.75, 3.05) is 6.61 Å². The van der Waals surface area contributed by atoms with Gasteiger partial charge in [0.15, 0.2) is 0 Å². The summed E-state index contributed by atoms with van der Waals surface area (Å²) < 4.78 is 167. The monoisotopic (exact) mass is 532 g/mol. The molecule has 0 aromatic carbocycles. The smallest absolute Gasteiger partial charge is 0.395 e. The standard InChI is InChI=1S/C11H10F13IO/c1-5(2,4(25)3-26)6(12,13)7(14,15)8(16,17)9(18,19)10(20,21)11(22,23)24/h4,26H,3H2,1-2H3. The highest BCUT2D eigenvalue weighted by molar-refractivity contribution is 14.1. The van der Waals surface area contributed by atoms with E-state index in [9.17, 15) is 57.1 Å². The van der Waals surface area contributed by atoms with Crippen LogP contribution in [0.4, 0.5) is 57.1 Å². The van der Waals surface area contributed by atoms with Gasteiger partial charge in [-0.15, -0.1) is 0 Å². The first-order chi connectivity index (χ1) is 11.0. The molecule has 26 heavy (non-hydrogen) atoms. The number of alkyl halides is 14. The molecule has 0 heterocycles. The molecule has 0 spiro atoms. The predicted molar refractivity (Wildman–Crippen MR) is 69.5 cm³/mol. The Balaban J connectivity index is 6.51. The number of hydrogen-bond donors (Lipinski definition) is 1. The summed E-state index contributed by atoms with van der Waals surface area (Å²) in [5, 5.41) is 8.71. The van der Waals surface area contributed by atoms with E-state index in [4.69, 9.17) is 5.11 Å². The molecule has 0 bridgehead atoms. The zero-order valence-corrected chi connectivity index (χ0v) is 14.7. The lowest BCUT2D eigenvalue weighted by molar-refractivity contribution is -0.446. The Labute approximate surface area is 151 Å². The Kier molecular flexibility index (Phi) is 6.63. The van der Waals surface area contributed by atoms with Gasteiger partial charge >= 0.3 is 35.8 Å². The summed E-state index contributed by atoms with van der Waals surface area (Å²) in [6.07, 6.45) is -7.43. The van der Waals surface area contributed by atoms with Crippen molar-refractivity contribution in [3.63, 3.8) is 0 Å². The molecule has 0 rings (SSSR count). The second-order valence-corrected chi connectivity index (χ2v) is 7.25. The third kappa shape index (κ3) is 3.23. The Morgan fingerprint density at radius 2 is 0.885 bits per heavy atom. The highest BCUT2D eigenvalue weighted by Crippen LogP contribution is 2.63. The fourth-order valence-corrected chi connectivity index (χ4v) is 1.99. The van der Waals surface area contributed by atoms with Gasteiger partial charge in [-0.1, -0.05) is 36.4 Å². The summed E-state index contributed by atoms with van der Waals surface area (Å²) in [5.74, 6) is -37.1. The third-order valence-electron chi connectivity index (χ3n) is 3.69. The van der Waals surface area contributed by atoms with E-state index in [-0.39, 0.29) is 13.8 Å². The Hall–Kier alpha value is -0.220. The quantitative estimate of drug-likeness (QED) is 0.259. The summed E-state index contributed by atoms with van der Waals surface area (Å²) in [6.45, 7) is -1.12. The minimum Gasteiger partial charge on any atom is -0.395 e. The van der Waals surface area contributed by atoms with E-state index in [1.54, 1.807) is 0 Å². The van der Waals surface area contributed by atoms with Gasteiger partial charge in [0.25, 0.3) is 0 Å². The van der Waals surface area contributed by atoms with Gasteiger partial charge in [-0.05, 0) is 0 Å². The van der Waals surface area contributed by atoms with Gasteiger partial charge in [0.05, 0.1) is 6.61 Å². The molecule has 0 aliphatic carbocycles. The second-order valence-electron chi connectivity index (χ2n) is 5.74. The molecular formula is C11H10F13IO. The number of aliphatic hydroxyl groups excluding tert-OH is 1. The van der Waals surface area contributed by atoms with Gasteiger partial charge in [-0.2, -0.15) is 57.1 Å². The normalized spacial score (nSPS) is 17.4. The maximum atomic E-state index is 13.9. The van der Waals surface area contributed by atoms with Crippen LogP contribution in [0, 0.1) is 5.41 Å². The molecule has 0 fully saturated rings. The lowest BCUT2D eigenvalue weighted by Gasteiger charge is -2.45. The Bertz CT molecular complexity index is 511. The fraction of sp³-hybridized carbons (Fsp3) is 1.00. The van der Waals surface area contributed by atoms with Crippen LogP contribution in [0.15, 0.2) is 0 Å². The van der Waals surface area contributed by atoms with Gasteiger partial charge in [0, 0.05) is 9.34 Å². The molecule has 0 aromatic rings. The van der Waals surface area contributed by atoms with Gasteiger partial charge in [0.1, 0.15) is 0 Å². The van der Waals surface area contributed by atoms with E-state index >= 15 is 0 Å². The maximum absolute atomic E-state index is 13.9. The minimum atomic E-state index is -7.92. The van der Waals surface area contributed by atoms with Crippen molar-refractivity contribution in [1.82, 2.24) is 0 Å². The van der Waals surface area contributed by atoms with Crippen LogP contribution in [0.3, 0.4) is 0 Å². The molecule has 0 aromatic heterocycles. The molecule has 0 saturated heterocycles. The number of halogens is 14. The number of rotatable bonds is 7. The summed E-state index contributed by atoms with van der Waals surface area (Å²) in [4.78, 5) is 0. The molecule has 15 heteroatoms. The molecule has 0 aliphatic rings. The highest BCUT2D eigenvalue weighted by atomic mass is 127. The van der Waals surface area contributed by atoms with Crippen LogP contribution in [-0.4, -0.2) is 51.4 Å².